The fourth-order valence-corrected chi connectivity index (χ4v) is 1.08. The summed E-state index contributed by atoms with van der Waals surface area (Å²) in [6, 6.07) is 3.02. The van der Waals surface area contributed by atoms with Crippen LogP contribution in [0.25, 0.3) is 0 Å². The van der Waals surface area contributed by atoms with E-state index >= 15 is 0 Å². The molecule has 0 heterocycles. The van der Waals surface area contributed by atoms with Crippen LogP contribution in [0.5, 0.6) is 5.75 Å². The third-order valence-corrected chi connectivity index (χ3v) is 2.09. The highest BCUT2D eigenvalue weighted by Gasteiger charge is 2.48. The summed E-state index contributed by atoms with van der Waals surface area (Å²) in [6.07, 6.45) is -4.10. The first-order chi connectivity index (χ1) is 7.75. The summed E-state index contributed by atoms with van der Waals surface area (Å²) in [5.41, 5.74) is -0.224. The zero-order valence-corrected chi connectivity index (χ0v) is 8.81. The lowest BCUT2D eigenvalue weighted by Gasteiger charge is -2.14. The van der Waals surface area contributed by atoms with Crippen LogP contribution in [-0.4, -0.2) is 23.4 Å². The van der Waals surface area contributed by atoms with Crippen molar-refractivity contribution < 1.29 is 27.5 Å². The molecule has 1 rings (SSSR count). The highest BCUT2D eigenvalue weighted by atomic mass is 35.5. The Morgan fingerprint density at radius 1 is 1.41 bits per heavy atom. The van der Waals surface area contributed by atoms with Crippen molar-refractivity contribution in [3.63, 3.8) is 0 Å². The molecule has 17 heavy (non-hydrogen) atoms. The molecule has 0 bridgehead atoms. The Balaban J connectivity index is 2.85. The van der Waals surface area contributed by atoms with E-state index in [0.29, 0.717) is 0 Å². The van der Waals surface area contributed by atoms with Crippen LogP contribution in [0.1, 0.15) is 0 Å². The van der Waals surface area contributed by atoms with Crippen LogP contribution < -0.4 is 5.32 Å². The Kier molecular flexibility index (Phi) is 3.82. The quantitative estimate of drug-likeness (QED) is 0.656. The normalized spacial score (nSPS) is 11.6. The van der Waals surface area contributed by atoms with Crippen LogP contribution in [0.15, 0.2) is 18.2 Å². The minimum absolute atomic E-state index is 0.205. The molecule has 0 spiro atoms. The van der Waals surface area contributed by atoms with Gasteiger partial charge < -0.3 is 10.4 Å². The van der Waals surface area contributed by atoms with Gasteiger partial charge >= 0.3 is 18.3 Å². The van der Waals surface area contributed by atoms with E-state index in [1.54, 1.807) is 5.32 Å². The number of alkyl halides is 4. The number of rotatable bonds is 3. The molecule has 94 valence electrons. The molecule has 0 saturated carbocycles. The van der Waals surface area contributed by atoms with Gasteiger partial charge in [0.05, 0.1) is 5.02 Å². The number of amides is 1. The van der Waals surface area contributed by atoms with Gasteiger partial charge in [-0.1, -0.05) is 11.6 Å². The average molecular weight is 272 g/mol. The summed E-state index contributed by atoms with van der Waals surface area (Å²) in [4.78, 5) is 10.8. The SMILES string of the molecule is O=C(Nc1ccc(O)c(Cl)c1)C(F)(F)C(F)F. The van der Waals surface area contributed by atoms with Crippen molar-refractivity contribution in [2.24, 2.45) is 0 Å². The monoisotopic (exact) mass is 271 g/mol. The van der Waals surface area contributed by atoms with Gasteiger partial charge in [-0.25, -0.2) is 8.78 Å². The Bertz CT molecular complexity index is 439. The van der Waals surface area contributed by atoms with E-state index in [9.17, 15) is 22.4 Å². The van der Waals surface area contributed by atoms with Crippen molar-refractivity contribution in [2.75, 3.05) is 5.32 Å². The fraction of sp³-hybridized carbons (Fsp3) is 0.222. The first-order valence-electron chi connectivity index (χ1n) is 4.21. The minimum Gasteiger partial charge on any atom is -0.506 e. The number of hydrogen-bond donors (Lipinski definition) is 2. The van der Waals surface area contributed by atoms with Gasteiger partial charge in [-0.2, -0.15) is 8.78 Å². The smallest absolute Gasteiger partial charge is 0.383 e. The van der Waals surface area contributed by atoms with Crippen LogP contribution in [0.4, 0.5) is 23.2 Å². The highest BCUT2D eigenvalue weighted by molar-refractivity contribution is 6.32. The van der Waals surface area contributed by atoms with Crippen molar-refractivity contribution in [3.8, 4) is 5.75 Å². The molecule has 0 aliphatic carbocycles. The van der Waals surface area contributed by atoms with Gasteiger partial charge in [-0.3, -0.25) is 4.79 Å². The lowest BCUT2D eigenvalue weighted by atomic mass is 10.2. The summed E-state index contributed by atoms with van der Waals surface area (Å²) in [5.74, 6) is -7.26. The summed E-state index contributed by atoms with van der Waals surface area (Å²) < 4.78 is 48.8. The van der Waals surface area contributed by atoms with Crippen molar-refractivity contribution in [1.82, 2.24) is 0 Å². The van der Waals surface area contributed by atoms with Gasteiger partial charge in [0.1, 0.15) is 5.75 Å². The summed E-state index contributed by atoms with van der Waals surface area (Å²) in [7, 11) is 0. The molecule has 0 unspecified atom stereocenters. The molecule has 0 radical (unpaired) electrons. The van der Waals surface area contributed by atoms with Crippen LogP contribution in [0, 0.1) is 0 Å². The molecule has 1 aromatic rings. The van der Waals surface area contributed by atoms with E-state index in [2.05, 4.69) is 0 Å². The number of carbonyl (C=O) groups is 1. The molecule has 2 N–H and O–H groups in total. The van der Waals surface area contributed by atoms with Crippen LogP contribution in [-0.2, 0) is 4.79 Å². The minimum atomic E-state index is -4.79. The molecule has 8 heteroatoms. The Labute approximate surface area is 98.0 Å². The first-order valence-corrected chi connectivity index (χ1v) is 4.59. The van der Waals surface area contributed by atoms with E-state index in [1.165, 1.54) is 0 Å². The Morgan fingerprint density at radius 3 is 2.47 bits per heavy atom. The lowest BCUT2D eigenvalue weighted by Crippen LogP contribution is -2.40. The number of phenols is 1. The molecule has 3 nitrogen and oxygen atoms in total. The van der Waals surface area contributed by atoms with Crippen molar-refractivity contribution in [2.45, 2.75) is 12.3 Å². The van der Waals surface area contributed by atoms with E-state index in [-0.39, 0.29) is 16.5 Å². The third-order valence-electron chi connectivity index (χ3n) is 1.78. The van der Waals surface area contributed by atoms with Crippen LogP contribution >= 0.6 is 11.6 Å². The summed E-state index contributed by atoms with van der Waals surface area (Å²) >= 11 is 5.44. The van der Waals surface area contributed by atoms with Gasteiger partial charge in [0.15, 0.2) is 0 Å². The maximum atomic E-state index is 12.6. The number of aromatic hydroxyl groups is 1. The van der Waals surface area contributed by atoms with Crippen molar-refractivity contribution >= 4 is 23.2 Å². The second-order valence-corrected chi connectivity index (χ2v) is 3.45. The summed E-state index contributed by atoms with van der Waals surface area (Å²) in [6.45, 7) is 0. The van der Waals surface area contributed by atoms with Crippen molar-refractivity contribution in [3.05, 3.63) is 23.2 Å². The van der Waals surface area contributed by atoms with Gasteiger partial charge in [-0.15, -0.1) is 0 Å². The molecule has 0 atom stereocenters. The number of anilines is 1. The summed E-state index contributed by atoms with van der Waals surface area (Å²) in [5, 5.41) is 10.4. The van der Waals surface area contributed by atoms with E-state index in [4.69, 9.17) is 16.7 Å². The topological polar surface area (TPSA) is 49.3 Å². The second-order valence-electron chi connectivity index (χ2n) is 3.04. The molecule has 1 aromatic carbocycles. The molecular formula is C9H6ClF4NO2. The zero-order valence-electron chi connectivity index (χ0n) is 8.05. The van der Waals surface area contributed by atoms with Gasteiger partial charge in [0.25, 0.3) is 0 Å². The average Bonchev–Trinajstić information content (AvgIpc) is 2.23. The molecule has 0 aliphatic heterocycles. The predicted octanol–water partition coefficient (Wildman–Crippen LogP) is 2.88. The van der Waals surface area contributed by atoms with E-state index < -0.39 is 18.3 Å². The molecule has 0 aliphatic rings. The number of phenolic OH excluding ortho intramolecular Hbond substituents is 1. The van der Waals surface area contributed by atoms with Crippen LogP contribution in [0.3, 0.4) is 0 Å². The molecule has 1 amide bonds. The maximum absolute atomic E-state index is 12.6. The van der Waals surface area contributed by atoms with Crippen LogP contribution in [0.2, 0.25) is 5.02 Å². The highest BCUT2D eigenvalue weighted by Crippen LogP contribution is 2.28. The van der Waals surface area contributed by atoms with Gasteiger partial charge in [-0.05, 0) is 18.2 Å². The maximum Gasteiger partial charge on any atom is 0.383 e. The first kappa shape index (κ1) is 13.6. The molecule has 0 fully saturated rings. The van der Waals surface area contributed by atoms with Gasteiger partial charge in [0.2, 0.25) is 0 Å². The Hall–Kier alpha value is -1.50. The lowest BCUT2D eigenvalue weighted by molar-refractivity contribution is -0.163. The standard InChI is InChI=1S/C9H6ClF4NO2/c10-5-3-4(1-2-6(5)16)15-8(17)9(13,14)7(11)12/h1-3,7,16H,(H,15,17). The zero-order chi connectivity index (χ0) is 13.2. The van der Waals surface area contributed by atoms with E-state index in [1.807, 2.05) is 0 Å². The van der Waals surface area contributed by atoms with Crippen molar-refractivity contribution in [1.29, 1.82) is 0 Å². The number of nitrogens with one attached hydrogen (secondary N) is 1. The molecule has 0 aromatic heterocycles. The number of carbonyl (C=O) groups excluding carboxylic acids is 1. The van der Waals surface area contributed by atoms with Gasteiger partial charge in [0, 0.05) is 5.69 Å². The fourth-order valence-electron chi connectivity index (χ4n) is 0.898. The largest absolute Gasteiger partial charge is 0.506 e. The number of benzene rings is 1. The number of halogens is 5. The second kappa shape index (κ2) is 4.79. The predicted molar refractivity (Wildman–Crippen MR) is 52.7 cm³/mol. The Morgan fingerprint density at radius 2 is 2.00 bits per heavy atom. The number of hydrogen-bond acceptors (Lipinski definition) is 2. The van der Waals surface area contributed by atoms with E-state index in [0.717, 1.165) is 18.2 Å². The molecule has 0 saturated heterocycles. The third kappa shape index (κ3) is 3.00. The molecular weight excluding hydrogens is 266 g/mol.